The minimum Gasteiger partial charge on any atom is -0.149 e. The summed E-state index contributed by atoms with van der Waals surface area (Å²) in [7, 11) is 0. The van der Waals surface area contributed by atoms with E-state index in [1.165, 1.54) is 16.0 Å². The fourth-order valence-corrected chi connectivity index (χ4v) is 2.11. The number of allylic oxidation sites excluding steroid dienone is 2. The average molecular weight is 290 g/mol. The number of rotatable bonds is 3. The van der Waals surface area contributed by atoms with Crippen molar-refractivity contribution in [1.29, 1.82) is 0 Å². The van der Waals surface area contributed by atoms with Gasteiger partial charge in [-0.15, -0.1) is 11.3 Å². The predicted molar refractivity (Wildman–Crippen MR) is 66.1 cm³/mol. The van der Waals surface area contributed by atoms with Crippen LogP contribution in [0.4, 0.5) is 0 Å². The van der Waals surface area contributed by atoms with Gasteiger partial charge in [0.05, 0.1) is 0 Å². The Balaban J connectivity index is 2.92. The van der Waals surface area contributed by atoms with Crippen LogP contribution in [0.5, 0.6) is 0 Å². The van der Waals surface area contributed by atoms with Crippen molar-refractivity contribution in [3.8, 4) is 0 Å². The molecule has 12 heavy (non-hydrogen) atoms. The molecule has 1 aromatic heterocycles. The Bertz CT molecular complexity index is 297. The fraction of sp³-hybridized carbons (Fsp3) is 0.200. The van der Waals surface area contributed by atoms with Crippen LogP contribution in [-0.2, 0) is 0 Å². The SMILES string of the molecule is C=C/C(=C\c1ccsc1C)CI. The Morgan fingerprint density at radius 3 is 2.92 bits per heavy atom. The van der Waals surface area contributed by atoms with Crippen LogP contribution < -0.4 is 0 Å². The molecule has 1 rings (SSSR count). The Hall–Kier alpha value is -0.0900. The summed E-state index contributed by atoms with van der Waals surface area (Å²) in [4.78, 5) is 1.37. The minimum atomic E-state index is 1.02. The van der Waals surface area contributed by atoms with Crippen LogP contribution in [-0.4, -0.2) is 4.43 Å². The smallest absolute Gasteiger partial charge is 0.0247 e. The van der Waals surface area contributed by atoms with E-state index in [-0.39, 0.29) is 0 Å². The maximum atomic E-state index is 3.77. The topological polar surface area (TPSA) is 0 Å². The largest absolute Gasteiger partial charge is 0.149 e. The number of hydrogen-bond donors (Lipinski definition) is 0. The second-order valence-electron chi connectivity index (χ2n) is 2.49. The zero-order valence-electron chi connectivity index (χ0n) is 7.01. The van der Waals surface area contributed by atoms with Crippen molar-refractivity contribution in [2.75, 3.05) is 4.43 Å². The van der Waals surface area contributed by atoms with Crippen LogP contribution in [0, 0.1) is 6.92 Å². The van der Waals surface area contributed by atoms with Crippen LogP contribution in [0.15, 0.2) is 29.7 Å². The summed E-state index contributed by atoms with van der Waals surface area (Å²) in [5.74, 6) is 0. The molecule has 0 radical (unpaired) electrons. The average Bonchev–Trinajstić information content (AvgIpc) is 2.47. The van der Waals surface area contributed by atoms with Crippen LogP contribution >= 0.6 is 33.9 Å². The van der Waals surface area contributed by atoms with Gasteiger partial charge >= 0.3 is 0 Å². The minimum absolute atomic E-state index is 1.02. The molecule has 0 bridgehead atoms. The molecule has 0 nitrogen and oxygen atoms in total. The number of thiophene rings is 1. The molecule has 0 atom stereocenters. The number of alkyl halides is 1. The van der Waals surface area contributed by atoms with Gasteiger partial charge in [0.2, 0.25) is 0 Å². The zero-order valence-corrected chi connectivity index (χ0v) is 9.98. The molecule has 0 aliphatic heterocycles. The summed E-state index contributed by atoms with van der Waals surface area (Å²) < 4.78 is 1.02. The molecule has 0 saturated carbocycles. The molecule has 0 aromatic carbocycles. The van der Waals surface area contributed by atoms with Crippen molar-refractivity contribution in [3.05, 3.63) is 40.1 Å². The van der Waals surface area contributed by atoms with E-state index >= 15 is 0 Å². The third kappa shape index (κ3) is 2.45. The summed E-state index contributed by atoms with van der Waals surface area (Å²) >= 11 is 4.14. The van der Waals surface area contributed by atoms with Gasteiger partial charge in [0, 0.05) is 9.30 Å². The van der Waals surface area contributed by atoms with E-state index in [0.29, 0.717) is 0 Å². The molecule has 64 valence electrons. The zero-order chi connectivity index (χ0) is 8.97. The standard InChI is InChI=1S/C10H11IS/c1-3-9(7-11)6-10-4-5-12-8(10)2/h3-6H,1,7H2,2H3/b9-6+. The maximum absolute atomic E-state index is 3.77. The van der Waals surface area contributed by atoms with E-state index in [9.17, 15) is 0 Å². The fourth-order valence-electron chi connectivity index (χ4n) is 0.896. The van der Waals surface area contributed by atoms with E-state index < -0.39 is 0 Å². The lowest BCUT2D eigenvalue weighted by atomic mass is 10.2. The second kappa shape index (κ2) is 4.82. The van der Waals surface area contributed by atoms with Crippen molar-refractivity contribution in [2.45, 2.75) is 6.92 Å². The first-order chi connectivity index (χ1) is 5.77. The lowest BCUT2D eigenvalue weighted by molar-refractivity contribution is 1.56. The molecule has 0 unspecified atom stereocenters. The first-order valence-corrected chi connectivity index (χ1v) is 6.11. The Kier molecular flexibility index (Phi) is 4.01. The molecule has 1 heterocycles. The Labute approximate surface area is 91.1 Å². The molecule has 0 fully saturated rings. The lowest BCUT2D eigenvalue weighted by Gasteiger charge is -1.95. The first kappa shape index (κ1) is 9.99. The predicted octanol–water partition coefficient (Wildman–Crippen LogP) is 4.06. The van der Waals surface area contributed by atoms with Crippen LogP contribution in [0.1, 0.15) is 10.4 Å². The third-order valence-electron chi connectivity index (χ3n) is 1.66. The molecule has 1 aromatic rings. The van der Waals surface area contributed by atoms with Crippen molar-refractivity contribution >= 4 is 40.0 Å². The van der Waals surface area contributed by atoms with E-state index in [2.05, 4.69) is 53.6 Å². The number of aryl methyl sites for hydroxylation is 1. The van der Waals surface area contributed by atoms with Crippen LogP contribution in [0.25, 0.3) is 6.08 Å². The van der Waals surface area contributed by atoms with E-state index in [4.69, 9.17) is 0 Å². The summed E-state index contributed by atoms with van der Waals surface area (Å²) in [5, 5.41) is 2.12. The highest BCUT2D eigenvalue weighted by Crippen LogP contribution is 2.19. The molecule has 0 aliphatic carbocycles. The maximum Gasteiger partial charge on any atom is 0.0247 e. The Morgan fingerprint density at radius 1 is 1.75 bits per heavy atom. The van der Waals surface area contributed by atoms with Gasteiger partial charge in [-0.1, -0.05) is 35.2 Å². The van der Waals surface area contributed by atoms with Crippen LogP contribution in [0.2, 0.25) is 0 Å². The van der Waals surface area contributed by atoms with Gasteiger partial charge in [-0.2, -0.15) is 0 Å². The number of hydrogen-bond acceptors (Lipinski definition) is 1. The van der Waals surface area contributed by atoms with Crippen molar-refractivity contribution in [2.24, 2.45) is 0 Å². The number of halogens is 1. The first-order valence-electron chi connectivity index (χ1n) is 3.71. The van der Waals surface area contributed by atoms with Gasteiger partial charge in [-0.25, -0.2) is 0 Å². The second-order valence-corrected chi connectivity index (χ2v) is 4.37. The molecule has 0 amide bonds. The molecular formula is C10H11IS. The Morgan fingerprint density at radius 2 is 2.50 bits per heavy atom. The quantitative estimate of drug-likeness (QED) is 0.447. The van der Waals surface area contributed by atoms with Gasteiger partial charge in [0.25, 0.3) is 0 Å². The van der Waals surface area contributed by atoms with Crippen molar-refractivity contribution < 1.29 is 0 Å². The van der Waals surface area contributed by atoms with Crippen LogP contribution in [0.3, 0.4) is 0 Å². The van der Waals surface area contributed by atoms with Gasteiger partial charge in [-0.3, -0.25) is 0 Å². The highest BCUT2D eigenvalue weighted by Gasteiger charge is 1.96. The highest BCUT2D eigenvalue weighted by atomic mass is 127. The molecule has 0 aliphatic rings. The van der Waals surface area contributed by atoms with E-state index in [0.717, 1.165) is 4.43 Å². The lowest BCUT2D eigenvalue weighted by Crippen LogP contribution is -1.78. The van der Waals surface area contributed by atoms with Gasteiger partial charge in [0.1, 0.15) is 0 Å². The van der Waals surface area contributed by atoms with Gasteiger partial charge in [-0.05, 0) is 35.6 Å². The summed E-state index contributed by atoms with van der Waals surface area (Å²) in [5.41, 5.74) is 2.61. The summed E-state index contributed by atoms with van der Waals surface area (Å²) in [6, 6.07) is 2.15. The highest BCUT2D eigenvalue weighted by molar-refractivity contribution is 14.1. The van der Waals surface area contributed by atoms with Crippen molar-refractivity contribution in [1.82, 2.24) is 0 Å². The van der Waals surface area contributed by atoms with E-state index in [1.807, 2.05) is 6.08 Å². The third-order valence-corrected chi connectivity index (χ3v) is 3.40. The van der Waals surface area contributed by atoms with Crippen molar-refractivity contribution in [3.63, 3.8) is 0 Å². The molecule has 0 spiro atoms. The van der Waals surface area contributed by atoms with Gasteiger partial charge in [0.15, 0.2) is 0 Å². The molecule has 2 heteroatoms. The summed E-state index contributed by atoms with van der Waals surface area (Å²) in [6.07, 6.45) is 4.12. The molecular weight excluding hydrogens is 279 g/mol. The van der Waals surface area contributed by atoms with E-state index in [1.54, 1.807) is 11.3 Å². The molecule has 0 N–H and O–H groups in total. The normalized spacial score (nSPS) is 11.7. The summed E-state index contributed by atoms with van der Waals surface area (Å²) in [6.45, 7) is 5.92. The monoisotopic (exact) mass is 290 g/mol. The van der Waals surface area contributed by atoms with Gasteiger partial charge < -0.3 is 0 Å². The molecule has 0 saturated heterocycles.